The lowest BCUT2D eigenvalue weighted by molar-refractivity contribution is -0.199. The van der Waals surface area contributed by atoms with Gasteiger partial charge in [0.15, 0.2) is 5.54 Å². The molecule has 0 aliphatic carbocycles. The van der Waals surface area contributed by atoms with E-state index in [9.17, 15) is 22.8 Å². The Morgan fingerprint density at radius 2 is 1.79 bits per heavy atom. The first-order valence-electron chi connectivity index (χ1n) is 5.76. The number of rotatable bonds is 1. The summed E-state index contributed by atoms with van der Waals surface area (Å²) in [6.45, 7) is 3.65. The van der Waals surface area contributed by atoms with Gasteiger partial charge in [-0.25, -0.2) is 0 Å². The quantitative estimate of drug-likeness (QED) is 0.754. The smallest absolute Gasteiger partial charge is 0.342 e. The molecule has 1 atom stereocenters. The number of nitrogens with zero attached hydrogens (tertiary/aromatic N) is 2. The molecule has 1 saturated heterocycles. The molecule has 2 amide bonds. The largest absolute Gasteiger partial charge is 0.415 e. The molecule has 2 N–H and O–H groups in total. The molecule has 110 valence electrons. The average Bonchev–Trinajstić information content (AvgIpc) is 2.23. The van der Waals surface area contributed by atoms with E-state index in [0.29, 0.717) is 6.92 Å². The second-order valence-corrected chi connectivity index (χ2v) is 5.44. The average molecular weight is 281 g/mol. The molecule has 1 rings (SSSR count). The summed E-state index contributed by atoms with van der Waals surface area (Å²) < 4.78 is 38.4. The highest BCUT2D eigenvalue weighted by Crippen LogP contribution is 2.33. The molecule has 1 unspecified atom stereocenters. The monoisotopic (exact) mass is 281 g/mol. The predicted octanol–water partition coefficient (Wildman–Crippen LogP) is 0.345. The molecule has 0 saturated carbocycles. The number of carbonyl (C=O) groups is 2. The summed E-state index contributed by atoms with van der Waals surface area (Å²) in [5.41, 5.74) is 0.791. The van der Waals surface area contributed by atoms with Crippen LogP contribution in [0.1, 0.15) is 20.8 Å². The minimum atomic E-state index is -4.87. The van der Waals surface area contributed by atoms with Gasteiger partial charge in [0.2, 0.25) is 5.91 Å². The molecule has 0 spiro atoms. The number of amides is 2. The molecule has 0 aromatic heterocycles. The Morgan fingerprint density at radius 1 is 1.32 bits per heavy atom. The van der Waals surface area contributed by atoms with E-state index in [2.05, 4.69) is 0 Å². The molecule has 1 aliphatic rings. The highest BCUT2D eigenvalue weighted by Gasteiger charge is 2.58. The molecule has 1 heterocycles. The third-order valence-corrected chi connectivity index (χ3v) is 3.48. The van der Waals surface area contributed by atoms with Crippen LogP contribution in [-0.4, -0.2) is 59.0 Å². The fraction of sp³-hybridized carbons (Fsp3) is 0.818. The van der Waals surface area contributed by atoms with E-state index in [1.54, 1.807) is 0 Å². The van der Waals surface area contributed by atoms with E-state index in [1.807, 2.05) is 0 Å². The molecule has 19 heavy (non-hydrogen) atoms. The highest BCUT2D eigenvalue weighted by molar-refractivity contribution is 5.95. The summed E-state index contributed by atoms with van der Waals surface area (Å²) in [4.78, 5) is 26.3. The normalized spacial score (nSPS) is 23.3. The van der Waals surface area contributed by atoms with Crippen LogP contribution in [0.3, 0.4) is 0 Å². The van der Waals surface area contributed by atoms with Gasteiger partial charge in [-0.05, 0) is 20.8 Å². The zero-order valence-electron chi connectivity index (χ0n) is 11.3. The molecule has 0 radical (unpaired) electrons. The van der Waals surface area contributed by atoms with Crippen LogP contribution in [0.2, 0.25) is 0 Å². The van der Waals surface area contributed by atoms with Gasteiger partial charge < -0.3 is 15.5 Å². The van der Waals surface area contributed by atoms with Crippen molar-refractivity contribution in [2.75, 3.05) is 20.1 Å². The number of hydrogen-bond donors (Lipinski definition) is 1. The molecule has 5 nitrogen and oxygen atoms in total. The fourth-order valence-electron chi connectivity index (χ4n) is 1.97. The molecule has 0 aromatic carbocycles. The van der Waals surface area contributed by atoms with Gasteiger partial charge in [0.1, 0.15) is 5.54 Å². The summed E-state index contributed by atoms with van der Waals surface area (Å²) in [5.74, 6) is -1.70. The van der Waals surface area contributed by atoms with Crippen molar-refractivity contribution >= 4 is 11.8 Å². The topological polar surface area (TPSA) is 66.6 Å². The van der Waals surface area contributed by atoms with Gasteiger partial charge in [0, 0.05) is 20.1 Å². The zero-order chi connectivity index (χ0) is 15.2. The van der Waals surface area contributed by atoms with Crippen molar-refractivity contribution in [1.82, 2.24) is 9.80 Å². The minimum absolute atomic E-state index is 0.0247. The SMILES string of the molecule is CN1CCN(C(=O)C(C)(N)C(F)(F)F)C(C)(C)C1=O. The lowest BCUT2D eigenvalue weighted by Crippen LogP contribution is -2.71. The minimum Gasteiger partial charge on any atom is -0.342 e. The van der Waals surface area contributed by atoms with E-state index >= 15 is 0 Å². The van der Waals surface area contributed by atoms with Crippen LogP contribution in [-0.2, 0) is 9.59 Å². The second-order valence-electron chi connectivity index (χ2n) is 5.44. The fourth-order valence-corrected chi connectivity index (χ4v) is 1.97. The van der Waals surface area contributed by atoms with Crippen molar-refractivity contribution in [2.45, 2.75) is 38.0 Å². The molecule has 0 bridgehead atoms. The van der Waals surface area contributed by atoms with Crippen molar-refractivity contribution < 1.29 is 22.8 Å². The summed E-state index contributed by atoms with van der Waals surface area (Å²) in [6, 6.07) is 0. The Labute approximate surface area is 109 Å². The Morgan fingerprint density at radius 3 is 2.21 bits per heavy atom. The standard InChI is InChI=1S/C11H18F3N3O2/c1-9(2)7(18)16(4)5-6-17(9)8(19)10(3,15)11(12,13)14/h5-6,15H2,1-4H3. The van der Waals surface area contributed by atoms with Crippen LogP contribution in [0.25, 0.3) is 0 Å². The molecule has 0 aromatic rings. The number of likely N-dealkylation sites (N-methyl/N-ethyl adjacent to an activating group) is 1. The van der Waals surface area contributed by atoms with Crippen LogP contribution in [0.4, 0.5) is 13.2 Å². The van der Waals surface area contributed by atoms with Gasteiger partial charge in [-0.3, -0.25) is 9.59 Å². The number of halogens is 3. The third-order valence-electron chi connectivity index (χ3n) is 3.48. The van der Waals surface area contributed by atoms with Gasteiger partial charge in [0.25, 0.3) is 5.91 Å². The second kappa shape index (κ2) is 4.36. The number of alkyl halides is 3. The molecular weight excluding hydrogens is 263 g/mol. The molecule has 1 fully saturated rings. The third kappa shape index (κ3) is 2.41. The van der Waals surface area contributed by atoms with Crippen LogP contribution >= 0.6 is 0 Å². The van der Waals surface area contributed by atoms with E-state index in [-0.39, 0.29) is 13.1 Å². The number of hydrogen-bond acceptors (Lipinski definition) is 3. The van der Waals surface area contributed by atoms with Crippen LogP contribution < -0.4 is 5.73 Å². The van der Waals surface area contributed by atoms with Crippen molar-refractivity contribution in [2.24, 2.45) is 5.73 Å². The van der Waals surface area contributed by atoms with Crippen LogP contribution in [0.15, 0.2) is 0 Å². The zero-order valence-corrected chi connectivity index (χ0v) is 11.3. The number of piperazine rings is 1. The predicted molar refractivity (Wildman–Crippen MR) is 62.1 cm³/mol. The van der Waals surface area contributed by atoms with Crippen molar-refractivity contribution in [1.29, 1.82) is 0 Å². The molecular formula is C11H18F3N3O2. The van der Waals surface area contributed by atoms with E-state index in [1.165, 1.54) is 25.8 Å². The summed E-state index contributed by atoms with van der Waals surface area (Å²) in [5, 5.41) is 0. The first-order valence-corrected chi connectivity index (χ1v) is 5.76. The van der Waals surface area contributed by atoms with Crippen molar-refractivity contribution in [3.8, 4) is 0 Å². The van der Waals surface area contributed by atoms with Gasteiger partial charge in [0.05, 0.1) is 0 Å². The summed E-state index contributed by atoms with van der Waals surface area (Å²) in [7, 11) is 1.54. The van der Waals surface area contributed by atoms with Gasteiger partial charge in [-0.2, -0.15) is 13.2 Å². The van der Waals surface area contributed by atoms with Gasteiger partial charge >= 0.3 is 6.18 Å². The Kier molecular flexibility index (Phi) is 3.62. The Balaban J connectivity index is 3.10. The van der Waals surface area contributed by atoms with Gasteiger partial charge in [-0.1, -0.05) is 0 Å². The number of carbonyl (C=O) groups excluding carboxylic acids is 2. The maximum absolute atomic E-state index is 12.8. The van der Waals surface area contributed by atoms with E-state index in [4.69, 9.17) is 5.73 Å². The maximum Gasteiger partial charge on any atom is 0.415 e. The molecule has 8 heteroatoms. The first kappa shape index (κ1) is 15.7. The summed E-state index contributed by atoms with van der Waals surface area (Å²) >= 11 is 0. The van der Waals surface area contributed by atoms with Crippen LogP contribution in [0, 0.1) is 0 Å². The maximum atomic E-state index is 12.8. The summed E-state index contributed by atoms with van der Waals surface area (Å²) in [6.07, 6.45) is -4.87. The van der Waals surface area contributed by atoms with Crippen LogP contribution in [0.5, 0.6) is 0 Å². The van der Waals surface area contributed by atoms with Gasteiger partial charge in [-0.15, -0.1) is 0 Å². The van der Waals surface area contributed by atoms with Crippen molar-refractivity contribution in [3.05, 3.63) is 0 Å². The first-order chi connectivity index (χ1) is 8.33. The van der Waals surface area contributed by atoms with E-state index in [0.717, 1.165) is 4.90 Å². The Bertz CT molecular complexity index is 404. The van der Waals surface area contributed by atoms with E-state index < -0.39 is 29.1 Å². The lowest BCUT2D eigenvalue weighted by atomic mass is 9.92. The molecule has 1 aliphatic heterocycles. The van der Waals surface area contributed by atoms with Crippen molar-refractivity contribution in [3.63, 3.8) is 0 Å². The lowest BCUT2D eigenvalue weighted by Gasteiger charge is -2.47. The highest BCUT2D eigenvalue weighted by atomic mass is 19.4. The Hall–Kier alpha value is -1.31. The number of nitrogens with two attached hydrogens (primary N) is 1.